The Labute approximate surface area is 141 Å². The summed E-state index contributed by atoms with van der Waals surface area (Å²) < 4.78 is 0. The molecule has 1 aliphatic heterocycles. The number of rotatable bonds is 5. The molecule has 120 valence electrons. The molecule has 0 unspecified atom stereocenters. The van der Waals surface area contributed by atoms with Gasteiger partial charge in [0.25, 0.3) is 0 Å². The Hall–Kier alpha value is -2.01. The summed E-state index contributed by atoms with van der Waals surface area (Å²) in [6, 6.07) is 13.8. The predicted molar refractivity (Wildman–Crippen MR) is 96.1 cm³/mol. The second-order valence-corrected chi connectivity index (χ2v) is 6.60. The summed E-state index contributed by atoms with van der Waals surface area (Å²) in [5.41, 5.74) is 2.09. The monoisotopic (exact) mass is 327 g/mol. The number of benzene rings is 1. The van der Waals surface area contributed by atoms with E-state index in [0.29, 0.717) is 5.75 Å². The highest BCUT2D eigenvalue weighted by Gasteiger charge is 2.11. The Morgan fingerprint density at radius 3 is 2.57 bits per heavy atom. The van der Waals surface area contributed by atoms with Gasteiger partial charge in [0.15, 0.2) is 0 Å². The molecule has 3 rings (SSSR count). The SMILES string of the molecule is O=C(CSc1ccccn1)Nc1ccc(N2CCCCC2)cc1. The van der Waals surface area contributed by atoms with Gasteiger partial charge in [-0.2, -0.15) is 0 Å². The second-order valence-electron chi connectivity index (χ2n) is 5.60. The van der Waals surface area contributed by atoms with Gasteiger partial charge in [0.1, 0.15) is 0 Å². The molecule has 1 amide bonds. The fourth-order valence-electron chi connectivity index (χ4n) is 2.68. The molecule has 0 aliphatic carbocycles. The molecule has 0 saturated carbocycles. The molecule has 1 saturated heterocycles. The molecule has 0 bridgehead atoms. The van der Waals surface area contributed by atoms with Crippen molar-refractivity contribution in [1.29, 1.82) is 0 Å². The van der Waals surface area contributed by atoms with Crippen molar-refractivity contribution in [2.45, 2.75) is 24.3 Å². The third kappa shape index (κ3) is 4.73. The van der Waals surface area contributed by atoms with Gasteiger partial charge < -0.3 is 10.2 Å². The van der Waals surface area contributed by atoms with Gasteiger partial charge in [-0.1, -0.05) is 17.8 Å². The standard InChI is InChI=1S/C18H21N3OS/c22-17(14-23-18-6-2-3-11-19-18)20-15-7-9-16(10-8-15)21-12-4-1-5-13-21/h2-3,6-11H,1,4-5,12-14H2,(H,20,22). The van der Waals surface area contributed by atoms with Gasteiger partial charge in [-0.25, -0.2) is 4.98 Å². The van der Waals surface area contributed by atoms with Crippen LogP contribution in [0.5, 0.6) is 0 Å². The van der Waals surface area contributed by atoms with Crippen LogP contribution in [0, 0.1) is 0 Å². The normalized spacial score (nSPS) is 14.5. The van der Waals surface area contributed by atoms with Crippen LogP contribution in [0.1, 0.15) is 19.3 Å². The first-order valence-corrected chi connectivity index (χ1v) is 8.98. The highest BCUT2D eigenvalue weighted by molar-refractivity contribution is 7.99. The van der Waals surface area contributed by atoms with E-state index in [2.05, 4.69) is 27.3 Å². The number of amides is 1. The third-order valence-corrected chi connectivity index (χ3v) is 4.80. The molecule has 0 spiro atoms. The van der Waals surface area contributed by atoms with E-state index in [-0.39, 0.29) is 5.91 Å². The van der Waals surface area contributed by atoms with Crippen LogP contribution in [0.25, 0.3) is 0 Å². The molecule has 2 aromatic rings. The highest BCUT2D eigenvalue weighted by atomic mass is 32.2. The summed E-state index contributed by atoms with van der Waals surface area (Å²) in [6.07, 6.45) is 5.60. The van der Waals surface area contributed by atoms with Gasteiger partial charge in [-0.3, -0.25) is 4.79 Å². The molecule has 2 heterocycles. The van der Waals surface area contributed by atoms with Crippen LogP contribution in [0.2, 0.25) is 0 Å². The van der Waals surface area contributed by atoms with Crippen LogP contribution in [0.3, 0.4) is 0 Å². The van der Waals surface area contributed by atoms with Crippen molar-refractivity contribution in [1.82, 2.24) is 4.98 Å². The zero-order valence-electron chi connectivity index (χ0n) is 13.1. The smallest absolute Gasteiger partial charge is 0.234 e. The van der Waals surface area contributed by atoms with Crippen molar-refractivity contribution < 1.29 is 4.79 Å². The van der Waals surface area contributed by atoms with E-state index in [9.17, 15) is 4.79 Å². The maximum absolute atomic E-state index is 12.0. The number of pyridine rings is 1. The third-order valence-electron chi connectivity index (χ3n) is 3.86. The summed E-state index contributed by atoms with van der Waals surface area (Å²) in [4.78, 5) is 18.6. The van der Waals surface area contributed by atoms with E-state index in [0.717, 1.165) is 23.8 Å². The number of anilines is 2. The van der Waals surface area contributed by atoms with Crippen molar-refractivity contribution in [3.63, 3.8) is 0 Å². The van der Waals surface area contributed by atoms with Crippen molar-refractivity contribution in [2.75, 3.05) is 29.1 Å². The lowest BCUT2D eigenvalue weighted by Gasteiger charge is -2.28. The summed E-state index contributed by atoms with van der Waals surface area (Å²) in [5.74, 6) is 0.358. The Bertz CT molecular complexity index is 624. The molecule has 1 aromatic heterocycles. The van der Waals surface area contributed by atoms with E-state index in [1.165, 1.54) is 36.7 Å². The quantitative estimate of drug-likeness (QED) is 0.848. The van der Waals surface area contributed by atoms with E-state index in [1.807, 2.05) is 30.3 Å². The Kier molecular flexibility index (Phi) is 5.53. The van der Waals surface area contributed by atoms with Crippen molar-refractivity contribution in [3.8, 4) is 0 Å². The van der Waals surface area contributed by atoms with Crippen LogP contribution in [-0.4, -0.2) is 29.7 Å². The molecule has 1 fully saturated rings. The second kappa shape index (κ2) is 8.02. The van der Waals surface area contributed by atoms with Gasteiger partial charge in [0.05, 0.1) is 10.8 Å². The number of carbonyl (C=O) groups is 1. The Balaban J connectivity index is 1.50. The Morgan fingerprint density at radius 1 is 1.09 bits per heavy atom. The Morgan fingerprint density at radius 2 is 1.87 bits per heavy atom. The predicted octanol–water partition coefficient (Wildman–Crippen LogP) is 3.80. The van der Waals surface area contributed by atoms with E-state index in [1.54, 1.807) is 6.20 Å². The molecular formula is C18H21N3OS. The number of piperidine rings is 1. The summed E-state index contributed by atoms with van der Waals surface area (Å²) in [6.45, 7) is 2.26. The molecule has 1 N–H and O–H groups in total. The van der Waals surface area contributed by atoms with Gasteiger partial charge in [-0.15, -0.1) is 0 Å². The maximum atomic E-state index is 12.0. The molecule has 0 atom stereocenters. The lowest BCUT2D eigenvalue weighted by atomic mass is 10.1. The molecule has 1 aromatic carbocycles. The first kappa shape index (κ1) is 15.9. The fourth-order valence-corrected chi connectivity index (χ4v) is 3.34. The minimum Gasteiger partial charge on any atom is -0.372 e. The number of thioether (sulfide) groups is 1. The number of hydrogen-bond donors (Lipinski definition) is 1. The van der Waals surface area contributed by atoms with E-state index >= 15 is 0 Å². The number of nitrogens with one attached hydrogen (secondary N) is 1. The molecule has 5 heteroatoms. The number of nitrogens with zero attached hydrogens (tertiary/aromatic N) is 2. The van der Waals surface area contributed by atoms with E-state index < -0.39 is 0 Å². The number of aromatic nitrogens is 1. The first-order chi connectivity index (χ1) is 11.3. The number of carbonyl (C=O) groups excluding carboxylic acids is 1. The summed E-state index contributed by atoms with van der Waals surface area (Å²) in [7, 11) is 0. The average molecular weight is 327 g/mol. The molecule has 23 heavy (non-hydrogen) atoms. The van der Waals surface area contributed by atoms with Gasteiger partial charge in [0.2, 0.25) is 5.91 Å². The van der Waals surface area contributed by atoms with Crippen LogP contribution in [0.15, 0.2) is 53.7 Å². The molecule has 1 aliphatic rings. The molecule has 4 nitrogen and oxygen atoms in total. The largest absolute Gasteiger partial charge is 0.372 e. The fraction of sp³-hybridized carbons (Fsp3) is 0.333. The first-order valence-electron chi connectivity index (χ1n) is 8.00. The minimum atomic E-state index is -0.00799. The van der Waals surface area contributed by atoms with Crippen LogP contribution < -0.4 is 10.2 Å². The minimum absolute atomic E-state index is 0.00799. The molecule has 0 radical (unpaired) electrons. The van der Waals surface area contributed by atoms with Crippen molar-refractivity contribution in [2.24, 2.45) is 0 Å². The van der Waals surface area contributed by atoms with Gasteiger partial charge >= 0.3 is 0 Å². The van der Waals surface area contributed by atoms with Gasteiger partial charge in [-0.05, 0) is 55.7 Å². The molecular weight excluding hydrogens is 306 g/mol. The topological polar surface area (TPSA) is 45.2 Å². The lowest BCUT2D eigenvalue weighted by Crippen LogP contribution is -2.29. The summed E-state index contributed by atoms with van der Waals surface area (Å²) in [5, 5.41) is 3.80. The van der Waals surface area contributed by atoms with Crippen molar-refractivity contribution in [3.05, 3.63) is 48.7 Å². The number of hydrogen-bond acceptors (Lipinski definition) is 4. The van der Waals surface area contributed by atoms with Crippen LogP contribution in [0.4, 0.5) is 11.4 Å². The van der Waals surface area contributed by atoms with E-state index in [4.69, 9.17) is 0 Å². The zero-order valence-corrected chi connectivity index (χ0v) is 13.9. The maximum Gasteiger partial charge on any atom is 0.234 e. The van der Waals surface area contributed by atoms with Crippen LogP contribution >= 0.6 is 11.8 Å². The lowest BCUT2D eigenvalue weighted by molar-refractivity contribution is -0.113. The zero-order chi connectivity index (χ0) is 15.9. The summed E-state index contributed by atoms with van der Waals surface area (Å²) >= 11 is 1.44. The highest BCUT2D eigenvalue weighted by Crippen LogP contribution is 2.22. The van der Waals surface area contributed by atoms with Crippen LogP contribution in [-0.2, 0) is 4.79 Å². The van der Waals surface area contributed by atoms with Gasteiger partial charge in [0, 0.05) is 30.7 Å². The van der Waals surface area contributed by atoms with Crippen molar-refractivity contribution >= 4 is 29.0 Å². The average Bonchev–Trinajstić information content (AvgIpc) is 2.62.